The van der Waals surface area contributed by atoms with Gasteiger partial charge in [-0.2, -0.15) is 0 Å². The molecule has 0 radical (unpaired) electrons. The Morgan fingerprint density at radius 2 is 2.06 bits per heavy atom. The number of methoxy groups -OCH3 is 1. The van der Waals surface area contributed by atoms with Crippen molar-refractivity contribution in [2.24, 2.45) is 0 Å². The van der Waals surface area contributed by atoms with Crippen molar-refractivity contribution in [2.45, 2.75) is 36.8 Å². The van der Waals surface area contributed by atoms with Gasteiger partial charge in [0, 0.05) is 21.6 Å². The molecule has 4 heteroatoms. The summed E-state index contributed by atoms with van der Waals surface area (Å²) in [5, 5.41) is 0. The lowest BCUT2D eigenvalue weighted by atomic mass is 9.99. The second-order valence-corrected chi connectivity index (χ2v) is 6.64. The predicted octanol–water partition coefficient (Wildman–Crippen LogP) is 3.55. The van der Waals surface area contributed by atoms with Crippen molar-refractivity contribution < 1.29 is 14.3 Å². The van der Waals surface area contributed by atoms with E-state index in [9.17, 15) is 4.79 Å². The number of carbonyl (C=O) groups is 1. The molecule has 0 spiro atoms. The summed E-state index contributed by atoms with van der Waals surface area (Å²) < 4.78 is 10.8. The second kappa shape index (κ2) is 4.84. The van der Waals surface area contributed by atoms with Gasteiger partial charge < -0.3 is 9.47 Å². The first kappa shape index (κ1) is 13.3. The molecule has 0 bridgehead atoms. The van der Waals surface area contributed by atoms with E-state index in [2.05, 4.69) is 13.8 Å². The smallest absolute Gasteiger partial charge is 0.165 e. The predicted molar refractivity (Wildman–Crippen MR) is 73.0 cm³/mol. The highest BCUT2D eigenvalue weighted by atomic mass is 32.2. The summed E-state index contributed by atoms with van der Waals surface area (Å²) in [6.07, 6.45) is 0.557. The highest BCUT2D eigenvalue weighted by Crippen LogP contribution is 2.46. The lowest BCUT2D eigenvalue weighted by Gasteiger charge is -2.30. The number of rotatable bonds is 3. The van der Waals surface area contributed by atoms with Crippen molar-refractivity contribution in [1.29, 1.82) is 0 Å². The molecule has 1 aromatic rings. The first-order chi connectivity index (χ1) is 8.46. The Bertz CT molecular complexity index is 480. The van der Waals surface area contributed by atoms with Crippen LogP contribution < -0.4 is 9.47 Å². The molecule has 1 aliphatic rings. The van der Waals surface area contributed by atoms with E-state index in [1.165, 1.54) is 0 Å². The molecule has 1 aliphatic heterocycles. The van der Waals surface area contributed by atoms with E-state index in [4.69, 9.17) is 9.47 Å². The zero-order valence-corrected chi connectivity index (χ0v) is 12.0. The molecule has 1 heterocycles. The Balaban J connectivity index is 2.49. The van der Waals surface area contributed by atoms with E-state index >= 15 is 0 Å². The highest BCUT2D eigenvalue weighted by Gasteiger charge is 2.32. The van der Waals surface area contributed by atoms with Crippen LogP contribution in [0.2, 0.25) is 0 Å². The quantitative estimate of drug-likeness (QED) is 0.838. The minimum absolute atomic E-state index is 0.0534. The van der Waals surface area contributed by atoms with E-state index in [0.29, 0.717) is 24.5 Å². The summed E-state index contributed by atoms with van der Waals surface area (Å²) in [6, 6.07) is 3.71. The first-order valence-corrected chi connectivity index (χ1v) is 6.85. The Hall–Kier alpha value is -1.16. The van der Waals surface area contributed by atoms with Gasteiger partial charge in [0.25, 0.3) is 0 Å². The maximum atomic E-state index is 12.1. The zero-order valence-electron chi connectivity index (χ0n) is 11.2. The van der Waals surface area contributed by atoms with Gasteiger partial charge in [-0.3, -0.25) is 4.79 Å². The van der Waals surface area contributed by atoms with Gasteiger partial charge >= 0.3 is 0 Å². The number of hydrogen-bond acceptors (Lipinski definition) is 4. The van der Waals surface area contributed by atoms with Gasteiger partial charge in [-0.1, -0.05) is 0 Å². The summed E-state index contributed by atoms with van der Waals surface area (Å²) >= 11 is 1.72. The van der Waals surface area contributed by atoms with Gasteiger partial charge in [0.2, 0.25) is 0 Å². The summed E-state index contributed by atoms with van der Waals surface area (Å²) in [5.74, 6) is 1.51. The number of carbonyl (C=O) groups excluding carboxylic acids is 1. The van der Waals surface area contributed by atoms with E-state index in [1.54, 1.807) is 24.9 Å². The van der Waals surface area contributed by atoms with Gasteiger partial charge in [0.05, 0.1) is 13.7 Å². The van der Waals surface area contributed by atoms with Crippen molar-refractivity contribution in [3.8, 4) is 11.5 Å². The van der Waals surface area contributed by atoms with Crippen molar-refractivity contribution in [3.05, 3.63) is 17.7 Å². The van der Waals surface area contributed by atoms with Crippen LogP contribution in [0.1, 0.15) is 37.6 Å². The van der Waals surface area contributed by atoms with Gasteiger partial charge in [-0.15, -0.1) is 11.8 Å². The number of fused-ring (bicyclic) bond motifs is 1. The molecule has 18 heavy (non-hydrogen) atoms. The fourth-order valence-electron chi connectivity index (χ4n) is 2.09. The van der Waals surface area contributed by atoms with Crippen molar-refractivity contribution in [1.82, 2.24) is 0 Å². The molecule has 0 atom stereocenters. The third kappa shape index (κ3) is 2.48. The zero-order chi connectivity index (χ0) is 13.3. The Labute approximate surface area is 112 Å². The normalized spacial score (nSPS) is 17.2. The molecular formula is C14H18O3S. The molecule has 0 aliphatic carbocycles. The molecule has 0 aromatic heterocycles. The topological polar surface area (TPSA) is 35.5 Å². The monoisotopic (exact) mass is 266 g/mol. The summed E-state index contributed by atoms with van der Waals surface area (Å²) in [5.41, 5.74) is 0.750. The number of Topliss-reactive ketones (excluding diaryl/α,β-unsaturated/α-hetero) is 1. The minimum Gasteiger partial charge on any atom is -0.493 e. The Morgan fingerprint density at radius 1 is 1.33 bits per heavy atom. The van der Waals surface area contributed by atoms with Gasteiger partial charge in [0.15, 0.2) is 17.3 Å². The highest BCUT2D eigenvalue weighted by molar-refractivity contribution is 8.00. The van der Waals surface area contributed by atoms with E-state index < -0.39 is 0 Å². The third-order valence-electron chi connectivity index (χ3n) is 2.84. The molecule has 1 aromatic carbocycles. The fourth-order valence-corrected chi connectivity index (χ4v) is 3.33. The molecule has 0 N–H and O–H groups in total. The van der Waals surface area contributed by atoms with Crippen molar-refractivity contribution in [3.63, 3.8) is 0 Å². The number of ether oxygens (including phenoxy) is 2. The van der Waals surface area contributed by atoms with Crippen LogP contribution in [0.4, 0.5) is 0 Å². The number of ketones is 1. The standard InChI is InChI=1S/C14H18O3S/c1-5-17-12-7-13-9(6-11(12)16-4)10(15)8-14(2,3)18-13/h6-7H,5,8H2,1-4H3. The van der Waals surface area contributed by atoms with Crippen molar-refractivity contribution in [2.75, 3.05) is 13.7 Å². The van der Waals surface area contributed by atoms with E-state index in [0.717, 1.165) is 10.5 Å². The van der Waals surface area contributed by atoms with Gasteiger partial charge in [-0.05, 0) is 32.9 Å². The maximum Gasteiger partial charge on any atom is 0.165 e. The molecule has 0 saturated carbocycles. The molecule has 0 fully saturated rings. The molecule has 2 rings (SSSR count). The largest absolute Gasteiger partial charge is 0.493 e. The second-order valence-electron chi connectivity index (χ2n) is 4.89. The lowest BCUT2D eigenvalue weighted by molar-refractivity contribution is 0.0967. The molecule has 0 unspecified atom stereocenters. The average molecular weight is 266 g/mol. The van der Waals surface area contributed by atoms with Crippen LogP contribution in [0.3, 0.4) is 0 Å². The average Bonchev–Trinajstić information content (AvgIpc) is 2.27. The van der Waals surface area contributed by atoms with Gasteiger partial charge in [-0.25, -0.2) is 0 Å². The van der Waals surface area contributed by atoms with Crippen LogP contribution in [0.5, 0.6) is 11.5 Å². The van der Waals surface area contributed by atoms with Crippen LogP contribution in [0.15, 0.2) is 17.0 Å². The van der Waals surface area contributed by atoms with Crippen LogP contribution in [-0.2, 0) is 0 Å². The van der Waals surface area contributed by atoms with Gasteiger partial charge in [0.1, 0.15) is 0 Å². The Morgan fingerprint density at radius 3 is 2.67 bits per heavy atom. The molecule has 0 saturated heterocycles. The maximum absolute atomic E-state index is 12.1. The SMILES string of the molecule is CCOc1cc2c(cc1OC)C(=O)CC(C)(C)S2. The summed E-state index contributed by atoms with van der Waals surface area (Å²) in [4.78, 5) is 13.1. The fraction of sp³-hybridized carbons (Fsp3) is 0.500. The van der Waals surface area contributed by atoms with Crippen LogP contribution in [0, 0.1) is 0 Å². The number of benzene rings is 1. The molecule has 98 valence electrons. The number of hydrogen-bond donors (Lipinski definition) is 0. The summed E-state index contributed by atoms with van der Waals surface area (Å²) in [7, 11) is 1.59. The third-order valence-corrected chi connectivity index (χ3v) is 4.09. The van der Waals surface area contributed by atoms with Crippen LogP contribution in [-0.4, -0.2) is 24.2 Å². The van der Waals surface area contributed by atoms with Crippen LogP contribution in [0.25, 0.3) is 0 Å². The molecule has 0 amide bonds. The van der Waals surface area contributed by atoms with E-state index in [-0.39, 0.29) is 10.5 Å². The van der Waals surface area contributed by atoms with Crippen LogP contribution >= 0.6 is 11.8 Å². The summed E-state index contributed by atoms with van der Waals surface area (Å²) in [6.45, 7) is 6.68. The van der Waals surface area contributed by atoms with E-state index in [1.807, 2.05) is 13.0 Å². The van der Waals surface area contributed by atoms with Crippen molar-refractivity contribution >= 4 is 17.5 Å². The molecular weight excluding hydrogens is 248 g/mol. The molecule has 3 nitrogen and oxygen atoms in total. The Kier molecular flexibility index (Phi) is 3.57. The minimum atomic E-state index is -0.0534. The number of thioether (sulfide) groups is 1. The lowest BCUT2D eigenvalue weighted by Crippen LogP contribution is -2.25. The first-order valence-electron chi connectivity index (χ1n) is 6.04.